The van der Waals surface area contributed by atoms with Crippen molar-refractivity contribution >= 4 is 0 Å². The lowest BCUT2D eigenvalue weighted by molar-refractivity contribution is 0.480. The molecule has 0 aliphatic rings. The van der Waals surface area contributed by atoms with Crippen molar-refractivity contribution in [3.05, 3.63) is 12.7 Å². The van der Waals surface area contributed by atoms with Crippen molar-refractivity contribution in [3.8, 4) is 0 Å². The molecule has 0 aromatic carbocycles. The maximum atomic E-state index is 3.79. The zero-order valence-electron chi connectivity index (χ0n) is 11.4. The molecule has 0 saturated carbocycles. The van der Waals surface area contributed by atoms with Crippen LogP contribution in [0, 0.1) is 0 Å². The predicted molar refractivity (Wildman–Crippen MR) is 74.9 cm³/mol. The van der Waals surface area contributed by atoms with Gasteiger partial charge >= 0.3 is 0 Å². The maximum Gasteiger partial charge on any atom is 0.00988 e. The first-order chi connectivity index (χ1) is 7.85. The highest BCUT2D eigenvalue weighted by atomic mass is 14.9. The van der Waals surface area contributed by atoms with Crippen LogP contribution in [0.1, 0.15) is 71.6 Å². The van der Waals surface area contributed by atoms with Gasteiger partial charge in [-0.05, 0) is 25.8 Å². The number of rotatable bonds is 12. The molecular formula is C15H31N. The fourth-order valence-electron chi connectivity index (χ4n) is 1.98. The van der Waals surface area contributed by atoms with E-state index in [4.69, 9.17) is 0 Å². The summed E-state index contributed by atoms with van der Waals surface area (Å²) in [6, 6.07) is 0.651. The van der Waals surface area contributed by atoms with Crippen molar-refractivity contribution in [2.24, 2.45) is 0 Å². The summed E-state index contributed by atoms with van der Waals surface area (Å²) in [7, 11) is 0. The van der Waals surface area contributed by atoms with Crippen molar-refractivity contribution in [1.29, 1.82) is 0 Å². The third kappa shape index (κ3) is 10.2. The molecule has 0 heterocycles. The quantitative estimate of drug-likeness (QED) is 0.375. The Labute approximate surface area is 103 Å². The van der Waals surface area contributed by atoms with E-state index in [-0.39, 0.29) is 0 Å². The molecular weight excluding hydrogens is 194 g/mol. The Morgan fingerprint density at radius 1 is 1.00 bits per heavy atom. The summed E-state index contributed by atoms with van der Waals surface area (Å²) in [6.45, 7) is 9.49. The van der Waals surface area contributed by atoms with Crippen molar-refractivity contribution < 1.29 is 0 Å². The Morgan fingerprint density at radius 2 is 1.62 bits per heavy atom. The first-order valence-electron chi connectivity index (χ1n) is 7.19. The average molecular weight is 225 g/mol. The topological polar surface area (TPSA) is 12.0 Å². The first-order valence-corrected chi connectivity index (χ1v) is 7.19. The van der Waals surface area contributed by atoms with Crippen LogP contribution in [0.15, 0.2) is 12.7 Å². The van der Waals surface area contributed by atoms with Gasteiger partial charge in [0.15, 0.2) is 0 Å². The van der Waals surface area contributed by atoms with Gasteiger partial charge < -0.3 is 5.32 Å². The Morgan fingerprint density at radius 3 is 2.19 bits per heavy atom. The van der Waals surface area contributed by atoms with Gasteiger partial charge in [0.05, 0.1) is 0 Å². The smallest absolute Gasteiger partial charge is 0.00988 e. The van der Waals surface area contributed by atoms with E-state index in [1.807, 2.05) is 6.08 Å². The van der Waals surface area contributed by atoms with Crippen LogP contribution in [0.5, 0.6) is 0 Å². The lowest BCUT2D eigenvalue weighted by Crippen LogP contribution is -2.28. The van der Waals surface area contributed by atoms with Gasteiger partial charge in [0.2, 0.25) is 0 Å². The van der Waals surface area contributed by atoms with Crippen LogP contribution in [0.25, 0.3) is 0 Å². The third-order valence-corrected chi connectivity index (χ3v) is 3.16. The SMILES string of the molecule is C=CCC(CC)NCCCCCCCCC. The van der Waals surface area contributed by atoms with Gasteiger partial charge in [0.25, 0.3) is 0 Å². The molecule has 1 nitrogen and oxygen atoms in total. The molecule has 0 spiro atoms. The second-order valence-corrected chi connectivity index (χ2v) is 4.70. The second kappa shape index (κ2) is 12.8. The molecule has 96 valence electrons. The van der Waals surface area contributed by atoms with E-state index in [2.05, 4.69) is 25.7 Å². The van der Waals surface area contributed by atoms with Crippen molar-refractivity contribution in [3.63, 3.8) is 0 Å². The molecule has 0 aliphatic heterocycles. The zero-order chi connectivity index (χ0) is 12.1. The van der Waals surface area contributed by atoms with Crippen molar-refractivity contribution in [1.82, 2.24) is 5.32 Å². The van der Waals surface area contributed by atoms with Gasteiger partial charge in [-0.2, -0.15) is 0 Å². The van der Waals surface area contributed by atoms with Gasteiger partial charge in [-0.1, -0.05) is 58.4 Å². The summed E-state index contributed by atoms with van der Waals surface area (Å²) in [5.41, 5.74) is 0. The van der Waals surface area contributed by atoms with Crippen LogP contribution in [0.2, 0.25) is 0 Å². The lowest BCUT2D eigenvalue weighted by Gasteiger charge is -2.14. The van der Waals surface area contributed by atoms with E-state index < -0.39 is 0 Å². The summed E-state index contributed by atoms with van der Waals surface area (Å²) < 4.78 is 0. The van der Waals surface area contributed by atoms with Gasteiger partial charge in [0.1, 0.15) is 0 Å². The first kappa shape index (κ1) is 15.7. The average Bonchev–Trinajstić information content (AvgIpc) is 2.31. The van der Waals surface area contributed by atoms with Crippen molar-refractivity contribution in [2.75, 3.05) is 6.54 Å². The van der Waals surface area contributed by atoms with Gasteiger partial charge in [-0.15, -0.1) is 6.58 Å². The predicted octanol–water partition coefficient (Wildman–Crippen LogP) is 4.68. The molecule has 1 unspecified atom stereocenters. The van der Waals surface area contributed by atoms with E-state index >= 15 is 0 Å². The summed E-state index contributed by atoms with van der Waals surface area (Å²) in [5, 5.41) is 3.60. The fourth-order valence-corrected chi connectivity index (χ4v) is 1.98. The molecule has 1 heteroatoms. The number of nitrogens with one attached hydrogen (secondary N) is 1. The Hall–Kier alpha value is -0.300. The molecule has 0 radical (unpaired) electrons. The minimum Gasteiger partial charge on any atom is -0.314 e. The van der Waals surface area contributed by atoms with Crippen LogP contribution in [0.4, 0.5) is 0 Å². The fraction of sp³-hybridized carbons (Fsp3) is 0.867. The minimum atomic E-state index is 0.651. The molecule has 0 rings (SSSR count). The highest BCUT2D eigenvalue weighted by Gasteiger charge is 2.01. The van der Waals surface area contributed by atoms with E-state index in [0.29, 0.717) is 6.04 Å². The third-order valence-electron chi connectivity index (χ3n) is 3.16. The highest BCUT2D eigenvalue weighted by molar-refractivity contribution is 4.76. The van der Waals surface area contributed by atoms with Gasteiger partial charge in [0, 0.05) is 6.04 Å². The largest absolute Gasteiger partial charge is 0.314 e. The molecule has 0 bridgehead atoms. The number of hydrogen-bond donors (Lipinski definition) is 1. The van der Waals surface area contributed by atoms with Crippen LogP contribution < -0.4 is 5.32 Å². The normalized spacial score (nSPS) is 12.6. The molecule has 0 saturated heterocycles. The van der Waals surface area contributed by atoms with Gasteiger partial charge in [-0.25, -0.2) is 0 Å². The Bertz CT molecular complexity index is 142. The Balaban J connectivity index is 3.15. The molecule has 0 amide bonds. The number of hydrogen-bond acceptors (Lipinski definition) is 1. The van der Waals surface area contributed by atoms with E-state index in [9.17, 15) is 0 Å². The summed E-state index contributed by atoms with van der Waals surface area (Å²) in [5.74, 6) is 0. The molecule has 1 atom stereocenters. The highest BCUT2D eigenvalue weighted by Crippen LogP contribution is 2.06. The molecule has 1 N–H and O–H groups in total. The minimum absolute atomic E-state index is 0.651. The summed E-state index contributed by atoms with van der Waals surface area (Å²) >= 11 is 0. The van der Waals surface area contributed by atoms with Crippen molar-refractivity contribution in [2.45, 2.75) is 77.7 Å². The van der Waals surface area contributed by atoms with E-state index in [1.165, 1.54) is 57.9 Å². The molecule has 16 heavy (non-hydrogen) atoms. The van der Waals surface area contributed by atoms with Crippen LogP contribution in [-0.4, -0.2) is 12.6 Å². The second-order valence-electron chi connectivity index (χ2n) is 4.70. The van der Waals surface area contributed by atoms with Gasteiger partial charge in [-0.3, -0.25) is 0 Å². The zero-order valence-corrected chi connectivity index (χ0v) is 11.4. The van der Waals surface area contributed by atoms with E-state index in [0.717, 1.165) is 6.42 Å². The maximum absolute atomic E-state index is 3.79. The monoisotopic (exact) mass is 225 g/mol. The molecule has 0 aromatic heterocycles. The van der Waals surface area contributed by atoms with Crippen LogP contribution in [-0.2, 0) is 0 Å². The molecule has 0 aromatic rings. The van der Waals surface area contributed by atoms with E-state index in [1.54, 1.807) is 0 Å². The summed E-state index contributed by atoms with van der Waals surface area (Å²) in [4.78, 5) is 0. The van der Waals surface area contributed by atoms with Crippen LogP contribution in [0.3, 0.4) is 0 Å². The summed E-state index contributed by atoms with van der Waals surface area (Å²) in [6.07, 6.45) is 14.1. The molecule has 0 fully saturated rings. The Kier molecular flexibility index (Phi) is 12.5. The molecule has 0 aliphatic carbocycles. The lowest BCUT2D eigenvalue weighted by atomic mass is 10.1. The standard InChI is InChI=1S/C15H31N/c1-4-7-8-9-10-11-12-14-16-15(6-3)13-5-2/h5,15-16H,2,4,6-14H2,1,3H3. The van der Waals surface area contributed by atoms with Crippen LogP contribution >= 0.6 is 0 Å². The number of unbranched alkanes of at least 4 members (excludes halogenated alkanes) is 6.